The molecule has 0 aliphatic rings. The van der Waals surface area contributed by atoms with Gasteiger partial charge in [-0.1, -0.05) is 35.4 Å². The maximum Gasteiger partial charge on any atom is 0.131 e. The van der Waals surface area contributed by atoms with Crippen molar-refractivity contribution in [3.8, 4) is 11.5 Å². The van der Waals surface area contributed by atoms with Crippen LogP contribution >= 0.6 is 0 Å². The van der Waals surface area contributed by atoms with Crippen molar-refractivity contribution in [3.63, 3.8) is 0 Å². The molecule has 0 atom stereocenters. The second kappa shape index (κ2) is 5.23. The SMILES string of the molecule is Cc1ccc(Oc2ccc(C)cc2CN)c(C)c1. The molecule has 0 radical (unpaired) electrons. The molecule has 0 fully saturated rings. The fourth-order valence-corrected chi connectivity index (χ4v) is 2.00. The van der Waals surface area contributed by atoms with E-state index < -0.39 is 0 Å². The van der Waals surface area contributed by atoms with Crippen LogP contribution in [-0.4, -0.2) is 0 Å². The Balaban J connectivity index is 2.33. The van der Waals surface area contributed by atoms with Gasteiger partial charge in [-0.05, 0) is 38.5 Å². The number of benzene rings is 2. The Bertz CT molecular complexity index is 561. The molecule has 2 rings (SSSR count). The van der Waals surface area contributed by atoms with Gasteiger partial charge in [-0.15, -0.1) is 0 Å². The first-order valence-corrected chi connectivity index (χ1v) is 6.15. The Labute approximate surface area is 108 Å². The van der Waals surface area contributed by atoms with Crippen LogP contribution in [0, 0.1) is 20.8 Å². The van der Waals surface area contributed by atoms with E-state index in [1.165, 1.54) is 11.1 Å². The topological polar surface area (TPSA) is 35.2 Å². The van der Waals surface area contributed by atoms with Gasteiger partial charge in [0.05, 0.1) is 0 Å². The first-order chi connectivity index (χ1) is 8.60. The highest BCUT2D eigenvalue weighted by Crippen LogP contribution is 2.28. The van der Waals surface area contributed by atoms with Crippen molar-refractivity contribution in [2.24, 2.45) is 5.73 Å². The van der Waals surface area contributed by atoms with Crippen LogP contribution in [0.2, 0.25) is 0 Å². The van der Waals surface area contributed by atoms with E-state index in [1.807, 2.05) is 18.2 Å². The third-order valence-corrected chi connectivity index (χ3v) is 2.99. The van der Waals surface area contributed by atoms with E-state index in [0.29, 0.717) is 6.54 Å². The van der Waals surface area contributed by atoms with Gasteiger partial charge >= 0.3 is 0 Å². The molecule has 2 aromatic carbocycles. The van der Waals surface area contributed by atoms with E-state index in [9.17, 15) is 0 Å². The molecule has 94 valence electrons. The lowest BCUT2D eigenvalue weighted by Crippen LogP contribution is -2.00. The summed E-state index contributed by atoms with van der Waals surface area (Å²) in [6.07, 6.45) is 0. The molecular weight excluding hydrogens is 222 g/mol. The number of aryl methyl sites for hydroxylation is 3. The normalized spacial score (nSPS) is 10.4. The molecule has 2 heteroatoms. The van der Waals surface area contributed by atoms with Crippen molar-refractivity contribution in [2.45, 2.75) is 27.3 Å². The molecule has 0 saturated carbocycles. The first-order valence-electron chi connectivity index (χ1n) is 6.15. The molecule has 0 unspecified atom stereocenters. The van der Waals surface area contributed by atoms with Gasteiger partial charge in [0, 0.05) is 12.1 Å². The molecule has 18 heavy (non-hydrogen) atoms. The lowest BCUT2D eigenvalue weighted by atomic mass is 10.1. The predicted molar refractivity (Wildman–Crippen MR) is 75.1 cm³/mol. The zero-order valence-corrected chi connectivity index (χ0v) is 11.2. The highest BCUT2D eigenvalue weighted by atomic mass is 16.5. The van der Waals surface area contributed by atoms with Gasteiger partial charge in [0.15, 0.2) is 0 Å². The standard InChI is InChI=1S/C16H19NO/c1-11-4-6-15(13(3)8-11)18-16-7-5-12(2)9-14(16)10-17/h4-9H,10,17H2,1-3H3. The second-order valence-electron chi connectivity index (χ2n) is 4.69. The Hall–Kier alpha value is -1.80. The zero-order valence-electron chi connectivity index (χ0n) is 11.2. The van der Waals surface area contributed by atoms with E-state index in [1.54, 1.807) is 0 Å². The van der Waals surface area contributed by atoms with Crippen LogP contribution in [0.15, 0.2) is 36.4 Å². The average molecular weight is 241 g/mol. The summed E-state index contributed by atoms with van der Waals surface area (Å²) in [5.41, 5.74) is 10.4. The fourth-order valence-electron chi connectivity index (χ4n) is 2.00. The van der Waals surface area contributed by atoms with E-state index >= 15 is 0 Å². The summed E-state index contributed by atoms with van der Waals surface area (Å²) >= 11 is 0. The first kappa shape index (κ1) is 12.7. The van der Waals surface area contributed by atoms with Crippen molar-refractivity contribution in [3.05, 3.63) is 58.7 Å². The van der Waals surface area contributed by atoms with Gasteiger partial charge in [-0.2, -0.15) is 0 Å². The van der Waals surface area contributed by atoms with Crippen molar-refractivity contribution in [1.29, 1.82) is 0 Å². The highest BCUT2D eigenvalue weighted by Gasteiger charge is 2.06. The monoisotopic (exact) mass is 241 g/mol. The van der Waals surface area contributed by atoms with Crippen LogP contribution < -0.4 is 10.5 Å². The molecule has 0 aliphatic carbocycles. The number of nitrogens with two attached hydrogens (primary N) is 1. The van der Waals surface area contributed by atoms with Crippen LogP contribution in [0.1, 0.15) is 22.3 Å². The summed E-state index contributed by atoms with van der Waals surface area (Å²) in [6, 6.07) is 12.3. The summed E-state index contributed by atoms with van der Waals surface area (Å²) < 4.78 is 5.96. The number of hydrogen-bond acceptors (Lipinski definition) is 2. The molecule has 0 saturated heterocycles. The average Bonchev–Trinajstić information content (AvgIpc) is 2.34. The summed E-state index contributed by atoms with van der Waals surface area (Å²) in [5, 5.41) is 0. The summed E-state index contributed by atoms with van der Waals surface area (Å²) in [4.78, 5) is 0. The van der Waals surface area contributed by atoms with Crippen LogP contribution in [0.3, 0.4) is 0 Å². The van der Waals surface area contributed by atoms with E-state index in [2.05, 4.69) is 39.0 Å². The van der Waals surface area contributed by atoms with Crippen molar-refractivity contribution >= 4 is 0 Å². The van der Waals surface area contributed by atoms with Crippen LogP contribution in [0.25, 0.3) is 0 Å². The minimum absolute atomic E-state index is 0.488. The Kier molecular flexibility index (Phi) is 3.68. The predicted octanol–water partition coefficient (Wildman–Crippen LogP) is 3.86. The minimum atomic E-state index is 0.488. The second-order valence-corrected chi connectivity index (χ2v) is 4.69. The van der Waals surface area contributed by atoms with Gasteiger partial charge in [0.1, 0.15) is 11.5 Å². The fraction of sp³-hybridized carbons (Fsp3) is 0.250. The Morgan fingerprint density at radius 2 is 1.50 bits per heavy atom. The minimum Gasteiger partial charge on any atom is -0.457 e. The van der Waals surface area contributed by atoms with Gasteiger partial charge in [0.2, 0.25) is 0 Å². The van der Waals surface area contributed by atoms with E-state index in [0.717, 1.165) is 22.6 Å². The van der Waals surface area contributed by atoms with Crippen LogP contribution in [-0.2, 0) is 6.54 Å². The molecular formula is C16H19NO. The van der Waals surface area contributed by atoms with Crippen molar-refractivity contribution < 1.29 is 4.74 Å². The molecule has 2 nitrogen and oxygen atoms in total. The molecule has 2 aromatic rings. The lowest BCUT2D eigenvalue weighted by molar-refractivity contribution is 0.472. The maximum absolute atomic E-state index is 5.96. The largest absolute Gasteiger partial charge is 0.457 e. The lowest BCUT2D eigenvalue weighted by Gasteiger charge is -2.13. The molecule has 0 amide bonds. The van der Waals surface area contributed by atoms with Gasteiger partial charge in [-0.3, -0.25) is 0 Å². The Morgan fingerprint density at radius 1 is 0.889 bits per heavy atom. The van der Waals surface area contributed by atoms with Crippen molar-refractivity contribution in [1.82, 2.24) is 0 Å². The molecule has 0 heterocycles. The summed E-state index contributed by atoms with van der Waals surface area (Å²) in [6.45, 7) is 6.68. The number of rotatable bonds is 3. The quantitative estimate of drug-likeness (QED) is 0.885. The third-order valence-electron chi connectivity index (χ3n) is 2.99. The summed E-state index contributed by atoms with van der Waals surface area (Å²) in [7, 11) is 0. The highest BCUT2D eigenvalue weighted by molar-refractivity contribution is 5.43. The van der Waals surface area contributed by atoms with E-state index in [4.69, 9.17) is 10.5 Å². The molecule has 0 aliphatic heterocycles. The molecule has 0 spiro atoms. The molecule has 0 aromatic heterocycles. The zero-order chi connectivity index (χ0) is 13.1. The number of ether oxygens (including phenoxy) is 1. The molecule has 0 bridgehead atoms. The Morgan fingerprint density at radius 3 is 2.11 bits per heavy atom. The van der Waals surface area contributed by atoms with Gasteiger partial charge in [0.25, 0.3) is 0 Å². The van der Waals surface area contributed by atoms with Crippen molar-refractivity contribution in [2.75, 3.05) is 0 Å². The summed E-state index contributed by atoms with van der Waals surface area (Å²) in [5.74, 6) is 1.73. The van der Waals surface area contributed by atoms with Crippen LogP contribution in [0.4, 0.5) is 0 Å². The molecule has 2 N–H and O–H groups in total. The maximum atomic E-state index is 5.96. The third kappa shape index (κ3) is 2.71. The number of hydrogen-bond donors (Lipinski definition) is 1. The van der Waals surface area contributed by atoms with Gasteiger partial charge in [-0.25, -0.2) is 0 Å². The van der Waals surface area contributed by atoms with E-state index in [-0.39, 0.29) is 0 Å². The van der Waals surface area contributed by atoms with Crippen LogP contribution in [0.5, 0.6) is 11.5 Å². The van der Waals surface area contributed by atoms with Gasteiger partial charge < -0.3 is 10.5 Å². The smallest absolute Gasteiger partial charge is 0.131 e.